The van der Waals surface area contributed by atoms with Gasteiger partial charge >= 0.3 is 0 Å². The average Bonchev–Trinajstić information content (AvgIpc) is 3.89. The second kappa shape index (κ2) is 10.3. The summed E-state index contributed by atoms with van der Waals surface area (Å²) in [7, 11) is 0. The number of oxazole rings is 1. The normalized spacial score (nSPS) is 12.0. The molecule has 0 aliphatic carbocycles. The van der Waals surface area contributed by atoms with Crippen LogP contribution in [0.2, 0.25) is 0 Å². The molecule has 0 saturated carbocycles. The van der Waals surface area contributed by atoms with Crippen molar-refractivity contribution in [1.29, 1.82) is 0 Å². The number of aromatic nitrogens is 2. The monoisotopic (exact) mass is 641 g/mol. The van der Waals surface area contributed by atoms with E-state index >= 15 is 0 Å². The third-order valence-corrected chi connectivity index (χ3v) is 9.93. The van der Waals surface area contributed by atoms with Crippen LogP contribution in [0.15, 0.2) is 173 Å². The molecule has 0 spiro atoms. The van der Waals surface area contributed by atoms with Crippen LogP contribution in [-0.2, 0) is 0 Å². The van der Waals surface area contributed by atoms with Crippen molar-refractivity contribution in [2.24, 2.45) is 0 Å². The molecule has 0 atom stereocenters. The molecule has 3 aromatic heterocycles. The predicted molar refractivity (Wildman–Crippen MR) is 204 cm³/mol. The quantitative estimate of drug-likeness (QED) is 0.175. The first-order valence-corrected chi connectivity index (χ1v) is 16.8. The highest BCUT2D eigenvalue weighted by Gasteiger charge is 2.26. The maximum Gasteiger partial charge on any atom is 0.227 e. The van der Waals surface area contributed by atoms with Crippen molar-refractivity contribution < 1.29 is 8.83 Å². The summed E-state index contributed by atoms with van der Waals surface area (Å²) < 4.78 is 15.6. The first kappa shape index (κ1) is 27.1. The highest BCUT2D eigenvalue weighted by Crippen LogP contribution is 2.48. The van der Waals surface area contributed by atoms with Crippen LogP contribution in [0, 0.1) is 0 Å². The third kappa shape index (κ3) is 3.80. The van der Waals surface area contributed by atoms with E-state index in [1.807, 2.05) is 42.5 Å². The number of anilines is 3. The van der Waals surface area contributed by atoms with Crippen LogP contribution in [0.5, 0.6) is 0 Å². The van der Waals surface area contributed by atoms with Crippen LogP contribution >= 0.6 is 0 Å². The van der Waals surface area contributed by atoms with Crippen LogP contribution < -0.4 is 4.90 Å². The second-order valence-electron chi connectivity index (χ2n) is 12.7. The molecular weight excluding hydrogens is 615 g/mol. The SMILES string of the molecule is c1ccc(-c2nc3c4cc(N(c5ccccc5)c5cccc6c7ccccc7n(-c7ccccc7)c56)cc5oc6cccc(c3o2)c6c54)cc1. The Kier molecular flexibility index (Phi) is 5.60. The zero-order valence-corrected chi connectivity index (χ0v) is 26.7. The fraction of sp³-hybridized carbons (Fsp3) is 0. The fourth-order valence-corrected chi connectivity index (χ4v) is 7.86. The van der Waals surface area contributed by atoms with E-state index in [2.05, 4.69) is 131 Å². The maximum atomic E-state index is 6.66. The van der Waals surface area contributed by atoms with E-state index in [0.29, 0.717) is 5.89 Å². The molecule has 0 aliphatic rings. The van der Waals surface area contributed by atoms with Crippen molar-refractivity contribution in [2.45, 2.75) is 0 Å². The van der Waals surface area contributed by atoms with Gasteiger partial charge in [0.15, 0.2) is 5.58 Å². The third-order valence-electron chi connectivity index (χ3n) is 9.93. The number of benzene rings is 8. The molecule has 11 rings (SSSR count). The lowest BCUT2D eigenvalue weighted by molar-refractivity contribution is 0.623. The van der Waals surface area contributed by atoms with Crippen molar-refractivity contribution in [1.82, 2.24) is 9.55 Å². The summed E-state index contributed by atoms with van der Waals surface area (Å²) in [6.07, 6.45) is 0. The molecular formula is C45H27N3O2. The number of para-hydroxylation sites is 4. The Hall–Kier alpha value is -6.85. The highest BCUT2D eigenvalue weighted by atomic mass is 16.3. The summed E-state index contributed by atoms with van der Waals surface area (Å²) in [5.41, 5.74) is 10.6. The zero-order chi connectivity index (χ0) is 32.8. The van der Waals surface area contributed by atoms with E-state index in [1.54, 1.807) is 0 Å². The molecule has 0 aliphatic heterocycles. The van der Waals surface area contributed by atoms with Crippen LogP contribution in [-0.4, -0.2) is 9.55 Å². The van der Waals surface area contributed by atoms with Gasteiger partial charge in [-0.2, -0.15) is 0 Å². The van der Waals surface area contributed by atoms with Gasteiger partial charge in [0.05, 0.1) is 22.4 Å². The number of furan rings is 1. The highest BCUT2D eigenvalue weighted by molar-refractivity contribution is 6.32. The van der Waals surface area contributed by atoms with E-state index in [0.717, 1.165) is 83.2 Å². The van der Waals surface area contributed by atoms with Gasteiger partial charge in [0, 0.05) is 55.3 Å². The van der Waals surface area contributed by atoms with Gasteiger partial charge in [0.2, 0.25) is 5.89 Å². The van der Waals surface area contributed by atoms with Gasteiger partial charge in [-0.25, -0.2) is 4.98 Å². The lowest BCUT2D eigenvalue weighted by Gasteiger charge is -2.27. The molecule has 0 amide bonds. The number of fused-ring (bicyclic) bond motifs is 6. The standard InChI is InChI=1S/C45H27N3O2/c1-4-14-28(15-5-1)45-46-42-35-26-31(27-39-41(35)40-34(44(42)50-45)22-13-25-38(40)49-39)47(29-16-6-2-7-17-29)37-24-12-21-33-32-20-10-11-23-36(32)48(43(33)37)30-18-8-3-9-19-30/h1-27H. The summed E-state index contributed by atoms with van der Waals surface area (Å²) >= 11 is 0. The minimum atomic E-state index is 0.602. The van der Waals surface area contributed by atoms with Crippen molar-refractivity contribution in [3.63, 3.8) is 0 Å². The van der Waals surface area contributed by atoms with Crippen molar-refractivity contribution >= 4 is 82.7 Å². The smallest absolute Gasteiger partial charge is 0.227 e. The maximum absolute atomic E-state index is 6.66. The molecule has 0 unspecified atom stereocenters. The second-order valence-corrected chi connectivity index (χ2v) is 12.7. The summed E-state index contributed by atoms with van der Waals surface area (Å²) in [6.45, 7) is 0. The Bertz CT molecular complexity index is 3030. The predicted octanol–water partition coefficient (Wildman–Crippen LogP) is 12.6. The number of hydrogen-bond donors (Lipinski definition) is 0. The summed E-state index contributed by atoms with van der Waals surface area (Å²) in [5, 5.41) is 6.51. The van der Waals surface area contributed by atoms with E-state index in [-0.39, 0.29) is 0 Å². The summed E-state index contributed by atoms with van der Waals surface area (Å²) in [4.78, 5) is 7.50. The molecule has 8 aromatic carbocycles. The van der Waals surface area contributed by atoms with E-state index in [4.69, 9.17) is 13.8 Å². The Morgan fingerprint density at radius 3 is 2.02 bits per heavy atom. The molecule has 50 heavy (non-hydrogen) atoms. The van der Waals surface area contributed by atoms with Gasteiger partial charge in [-0.1, -0.05) is 97.1 Å². The van der Waals surface area contributed by atoms with Gasteiger partial charge in [-0.3, -0.25) is 0 Å². The first-order valence-electron chi connectivity index (χ1n) is 16.8. The minimum absolute atomic E-state index is 0.602. The Labute approximate surface area is 286 Å². The molecule has 5 nitrogen and oxygen atoms in total. The largest absolute Gasteiger partial charge is 0.456 e. The van der Waals surface area contributed by atoms with Crippen molar-refractivity contribution in [3.05, 3.63) is 164 Å². The van der Waals surface area contributed by atoms with Crippen molar-refractivity contribution in [2.75, 3.05) is 4.90 Å². The van der Waals surface area contributed by atoms with Crippen LogP contribution in [0.25, 0.3) is 82.8 Å². The van der Waals surface area contributed by atoms with E-state index in [9.17, 15) is 0 Å². The molecule has 11 aromatic rings. The van der Waals surface area contributed by atoms with Crippen LogP contribution in [0.3, 0.4) is 0 Å². The van der Waals surface area contributed by atoms with E-state index in [1.165, 1.54) is 10.8 Å². The van der Waals surface area contributed by atoms with E-state index < -0.39 is 0 Å². The van der Waals surface area contributed by atoms with Gasteiger partial charge in [0.1, 0.15) is 16.7 Å². The van der Waals surface area contributed by atoms with Gasteiger partial charge in [-0.15, -0.1) is 0 Å². The van der Waals surface area contributed by atoms with Gasteiger partial charge in [-0.05, 0) is 60.7 Å². The van der Waals surface area contributed by atoms with Crippen LogP contribution in [0.1, 0.15) is 0 Å². The molecule has 5 heteroatoms. The van der Waals surface area contributed by atoms with Gasteiger partial charge in [0.25, 0.3) is 0 Å². The molecule has 0 saturated heterocycles. The minimum Gasteiger partial charge on any atom is -0.456 e. The number of rotatable bonds is 5. The average molecular weight is 642 g/mol. The van der Waals surface area contributed by atoms with Crippen LogP contribution in [0.4, 0.5) is 17.1 Å². The Morgan fingerprint density at radius 1 is 0.500 bits per heavy atom. The lowest BCUT2D eigenvalue weighted by Crippen LogP contribution is -2.11. The molecule has 0 bridgehead atoms. The Balaban J connectivity index is 1.26. The summed E-state index contributed by atoms with van der Waals surface area (Å²) in [5.74, 6) is 0.602. The number of hydrogen-bond acceptors (Lipinski definition) is 4. The molecule has 0 fully saturated rings. The van der Waals surface area contributed by atoms with Crippen molar-refractivity contribution in [3.8, 4) is 17.1 Å². The molecule has 234 valence electrons. The summed E-state index contributed by atoms with van der Waals surface area (Å²) in [6, 6.07) is 57.1. The zero-order valence-electron chi connectivity index (χ0n) is 26.7. The molecule has 0 radical (unpaired) electrons. The Morgan fingerprint density at radius 2 is 1.18 bits per heavy atom. The topological polar surface area (TPSA) is 47.3 Å². The number of nitrogens with zero attached hydrogens (tertiary/aromatic N) is 3. The first-order chi connectivity index (χ1) is 24.8. The molecule has 0 N–H and O–H groups in total. The van der Waals surface area contributed by atoms with Gasteiger partial charge < -0.3 is 18.3 Å². The molecule has 3 heterocycles. The lowest BCUT2D eigenvalue weighted by atomic mass is 9.99. The fourth-order valence-electron chi connectivity index (χ4n) is 7.86.